The molecule has 1 N–H and O–H groups in total. The lowest BCUT2D eigenvalue weighted by Crippen LogP contribution is -2.52. The summed E-state index contributed by atoms with van der Waals surface area (Å²) >= 11 is 0. The monoisotopic (exact) mass is 336 g/mol. The number of hydrogen-bond acceptors (Lipinski definition) is 3. The van der Waals surface area contributed by atoms with E-state index >= 15 is 0 Å². The first-order valence-electron chi connectivity index (χ1n) is 9.91. The SMILES string of the molecule is CCNC(=NCC(C)(C)N1CCOCC1)N1CCC2(CCCC2)C1. The standard InChI is InChI=1S/C19H36N4O/c1-4-20-17(22-10-9-19(16-22)7-5-6-8-19)21-15-18(2,3)23-11-13-24-14-12-23/h4-16H2,1-3H3,(H,20,21). The number of nitrogens with one attached hydrogen (secondary N) is 1. The van der Waals surface area contributed by atoms with Crippen LogP contribution in [-0.4, -0.2) is 73.8 Å². The van der Waals surface area contributed by atoms with Gasteiger partial charge in [-0.15, -0.1) is 0 Å². The van der Waals surface area contributed by atoms with Crippen molar-refractivity contribution in [1.82, 2.24) is 15.1 Å². The summed E-state index contributed by atoms with van der Waals surface area (Å²) in [5.41, 5.74) is 0.686. The summed E-state index contributed by atoms with van der Waals surface area (Å²) in [5, 5.41) is 3.54. The van der Waals surface area contributed by atoms with Gasteiger partial charge in [-0.2, -0.15) is 0 Å². The molecule has 1 saturated carbocycles. The normalized spacial score (nSPS) is 25.6. The van der Waals surface area contributed by atoms with E-state index in [0.717, 1.165) is 45.4 Å². The topological polar surface area (TPSA) is 40.1 Å². The van der Waals surface area contributed by atoms with E-state index in [-0.39, 0.29) is 5.54 Å². The molecular weight excluding hydrogens is 300 g/mol. The van der Waals surface area contributed by atoms with Crippen LogP contribution in [0.3, 0.4) is 0 Å². The van der Waals surface area contributed by atoms with Gasteiger partial charge in [-0.05, 0) is 45.4 Å². The second-order valence-electron chi connectivity index (χ2n) is 8.46. The van der Waals surface area contributed by atoms with Crippen molar-refractivity contribution in [2.75, 3.05) is 52.5 Å². The smallest absolute Gasteiger partial charge is 0.193 e. The van der Waals surface area contributed by atoms with Crippen molar-refractivity contribution in [3.05, 3.63) is 0 Å². The molecule has 3 rings (SSSR count). The van der Waals surface area contributed by atoms with E-state index in [0.29, 0.717) is 5.41 Å². The molecule has 138 valence electrons. The van der Waals surface area contributed by atoms with Crippen molar-refractivity contribution in [3.8, 4) is 0 Å². The second-order valence-corrected chi connectivity index (χ2v) is 8.46. The predicted molar refractivity (Wildman–Crippen MR) is 99.5 cm³/mol. The van der Waals surface area contributed by atoms with Crippen LogP contribution in [0.15, 0.2) is 4.99 Å². The molecule has 0 aromatic rings. The Hall–Kier alpha value is -0.810. The highest BCUT2D eigenvalue weighted by Gasteiger charge is 2.41. The maximum absolute atomic E-state index is 5.50. The molecule has 0 bridgehead atoms. The fourth-order valence-corrected chi connectivity index (χ4v) is 4.61. The molecule has 1 spiro atoms. The first-order valence-corrected chi connectivity index (χ1v) is 9.91. The van der Waals surface area contributed by atoms with Gasteiger partial charge >= 0.3 is 0 Å². The number of morpholine rings is 1. The summed E-state index contributed by atoms with van der Waals surface area (Å²) in [6.07, 6.45) is 7.03. The predicted octanol–water partition coefficient (Wildman–Crippen LogP) is 2.33. The van der Waals surface area contributed by atoms with Crippen LogP contribution in [0.5, 0.6) is 0 Å². The van der Waals surface area contributed by atoms with Gasteiger partial charge in [0, 0.05) is 38.3 Å². The number of aliphatic imine (C=N–C) groups is 1. The van der Waals surface area contributed by atoms with Crippen molar-refractivity contribution in [2.45, 2.75) is 58.4 Å². The molecule has 1 aliphatic carbocycles. The molecule has 0 unspecified atom stereocenters. The van der Waals surface area contributed by atoms with Crippen LogP contribution >= 0.6 is 0 Å². The van der Waals surface area contributed by atoms with Crippen LogP contribution < -0.4 is 5.32 Å². The van der Waals surface area contributed by atoms with Gasteiger partial charge in [0.2, 0.25) is 0 Å². The number of hydrogen-bond donors (Lipinski definition) is 1. The van der Waals surface area contributed by atoms with Crippen LogP contribution in [-0.2, 0) is 4.74 Å². The molecule has 2 aliphatic heterocycles. The van der Waals surface area contributed by atoms with Crippen LogP contribution in [0.4, 0.5) is 0 Å². The fraction of sp³-hybridized carbons (Fsp3) is 0.947. The highest BCUT2D eigenvalue weighted by atomic mass is 16.5. The minimum Gasteiger partial charge on any atom is -0.379 e. The Kier molecular flexibility index (Phi) is 5.70. The van der Waals surface area contributed by atoms with Crippen molar-refractivity contribution in [2.24, 2.45) is 10.4 Å². The second kappa shape index (κ2) is 7.61. The van der Waals surface area contributed by atoms with Crippen molar-refractivity contribution < 1.29 is 4.74 Å². The van der Waals surface area contributed by atoms with Crippen molar-refractivity contribution in [1.29, 1.82) is 0 Å². The maximum atomic E-state index is 5.50. The van der Waals surface area contributed by atoms with Gasteiger partial charge in [-0.3, -0.25) is 9.89 Å². The number of rotatable bonds is 4. The third-order valence-corrected chi connectivity index (χ3v) is 6.22. The summed E-state index contributed by atoms with van der Waals surface area (Å²) in [7, 11) is 0. The van der Waals surface area contributed by atoms with Gasteiger partial charge < -0.3 is 15.0 Å². The molecule has 0 aromatic heterocycles. The van der Waals surface area contributed by atoms with Gasteiger partial charge in [0.15, 0.2) is 5.96 Å². The Labute approximate surface area is 147 Å². The molecule has 0 atom stereocenters. The summed E-state index contributed by atoms with van der Waals surface area (Å²) in [6, 6.07) is 0. The molecule has 3 fully saturated rings. The van der Waals surface area contributed by atoms with E-state index in [1.807, 2.05) is 0 Å². The maximum Gasteiger partial charge on any atom is 0.193 e. The Bertz CT molecular complexity index is 437. The number of likely N-dealkylation sites (tertiary alicyclic amines) is 1. The molecule has 5 nitrogen and oxygen atoms in total. The lowest BCUT2D eigenvalue weighted by molar-refractivity contribution is -0.00689. The van der Waals surface area contributed by atoms with E-state index < -0.39 is 0 Å². The Morgan fingerprint density at radius 3 is 2.50 bits per heavy atom. The zero-order valence-electron chi connectivity index (χ0n) is 15.9. The largest absolute Gasteiger partial charge is 0.379 e. The first-order chi connectivity index (χ1) is 11.5. The van der Waals surface area contributed by atoms with Crippen LogP contribution in [0.1, 0.15) is 52.9 Å². The van der Waals surface area contributed by atoms with Gasteiger partial charge in [0.05, 0.1) is 19.8 Å². The Morgan fingerprint density at radius 1 is 1.12 bits per heavy atom. The molecule has 2 heterocycles. The summed E-state index contributed by atoms with van der Waals surface area (Å²) in [6.45, 7) is 14.7. The lowest BCUT2D eigenvalue weighted by atomic mass is 9.86. The molecule has 3 aliphatic rings. The fourth-order valence-electron chi connectivity index (χ4n) is 4.61. The minimum atomic E-state index is 0.0925. The zero-order chi connectivity index (χ0) is 17.0. The number of ether oxygens (including phenoxy) is 1. The summed E-state index contributed by atoms with van der Waals surface area (Å²) < 4.78 is 5.50. The minimum absolute atomic E-state index is 0.0925. The molecule has 5 heteroatoms. The molecular formula is C19H36N4O. The quantitative estimate of drug-likeness (QED) is 0.632. The third-order valence-electron chi connectivity index (χ3n) is 6.22. The zero-order valence-corrected chi connectivity index (χ0v) is 15.9. The van der Waals surface area contributed by atoms with E-state index in [1.54, 1.807) is 0 Å². The lowest BCUT2D eigenvalue weighted by Gasteiger charge is -2.40. The number of guanidine groups is 1. The van der Waals surface area contributed by atoms with E-state index in [2.05, 4.69) is 35.9 Å². The van der Waals surface area contributed by atoms with E-state index in [4.69, 9.17) is 9.73 Å². The molecule has 2 saturated heterocycles. The summed E-state index contributed by atoms with van der Waals surface area (Å²) in [4.78, 5) is 10.1. The molecule has 0 amide bonds. The summed E-state index contributed by atoms with van der Waals surface area (Å²) in [5.74, 6) is 1.13. The van der Waals surface area contributed by atoms with Gasteiger partial charge in [-0.1, -0.05) is 12.8 Å². The van der Waals surface area contributed by atoms with E-state index in [1.165, 1.54) is 45.2 Å². The molecule has 0 aromatic carbocycles. The van der Waals surface area contributed by atoms with Gasteiger partial charge in [0.1, 0.15) is 0 Å². The average Bonchev–Trinajstić information content (AvgIpc) is 3.23. The first kappa shape index (κ1) is 18.0. The molecule has 0 radical (unpaired) electrons. The Morgan fingerprint density at radius 2 is 1.83 bits per heavy atom. The van der Waals surface area contributed by atoms with Crippen LogP contribution in [0.2, 0.25) is 0 Å². The van der Waals surface area contributed by atoms with Crippen molar-refractivity contribution in [3.63, 3.8) is 0 Å². The van der Waals surface area contributed by atoms with Crippen LogP contribution in [0.25, 0.3) is 0 Å². The van der Waals surface area contributed by atoms with Gasteiger partial charge in [0.25, 0.3) is 0 Å². The van der Waals surface area contributed by atoms with Crippen LogP contribution in [0, 0.1) is 5.41 Å². The van der Waals surface area contributed by atoms with Crippen molar-refractivity contribution >= 4 is 5.96 Å². The van der Waals surface area contributed by atoms with Gasteiger partial charge in [-0.25, -0.2) is 0 Å². The van der Waals surface area contributed by atoms with E-state index in [9.17, 15) is 0 Å². The number of nitrogens with zero attached hydrogens (tertiary/aromatic N) is 3. The highest BCUT2D eigenvalue weighted by molar-refractivity contribution is 5.80. The Balaban J connectivity index is 1.63. The third kappa shape index (κ3) is 4.05. The molecule has 24 heavy (non-hydrogen) atoms. The highest BCUT2D eigenvalue weighted by Crippen LogP contribution is 2.45. The average molecular weight is 337 g/mol.